The topological polar surface area (TPSA) is 79.4 Å². The number of pyridine rings is 1. The van der Waals surface area contributed by atoms with Gasteiger partial charge in [0.15, 0.2) is 17.5 Å². The Kier molecular flexibility index (Phi) is 6.49. The van der Waals surface area contributed by atoms with Gasteiger partial charge in [0.2, 0.25) is 15.9 Å². The second kappa shape index (κ2) is 8.72. The number of carbonyl (C=O) groups excluding carboxylic acids is 1. The summed E-state index contributed by atoms with van der Waals surface area (Å²) in [6, 6.07) is 4.55. The van der Waals surface area contributed by atoms with E-state index in [0.717, 1.165) is 30.7 Å². The van der Waals surface area contributed by atoms with Gasteiger partial charge in [-0.3, -0.25) is 4.79 Å². The summed E-state index contributed by atoms with van der Waals surface area (Å²) in [5.74, 6) is -5.14. The lowest BCUT2D eigenvalue weighted by Gasteiger charge is -2.16. The van der Waals surface area contributed by atoms with Crippen LogP contribution in [-0.4, -0.2) is 42.0 Å². The van der Waals surface area contributed by atoms with E-state index in [4.69, 9.17) is 0 Å². The first-order valence-corrected chi connectivity index (χ1v) is 11.1. The molecule has 2 heterocycles. The molecular weight excluding hydrogens is 427 g/mol. The zero-order chi connectivity index (χ0) is 21.2. The van der Waals surface area contributed by atoms with Crippen molar-refractivity contribution in [1.82, 2.24) is 9.29 Å². The molecule has 1 unspecified atom stereocenters. The van der Waals surface area contributed by atoms with Gasteiger partial charge in [0.1, 0.15) is 4.90 Å². The fourth-order valence-corrected chi connectivity index (χ4v) is 5.01. The molecule has 1 saturated heterocycles. The Balaban J connectivity index is 1.65. The summed E-state index contributed by atoms with van der Waals surface area (Å²) in [7, 11) is -3.58. The van der Waals surface area contributed by atoms with Gasteiger partial charge in [0, 0.05) is 19.3 Å². The number of rotatable bonds is 6. The Bertz CT molecular complexity index is 1010. The Morgan fingerprint density at radius 1 is 1.14 bits per heavy atom. The molecule has 1 N–H and O–H groups in total. The highest BCUT2D eigenvalue weighted by Crippen LogP contribution is 2.26. The summed E-state index contributed by atoms with van der Waals surface area (Å²) in [6.07, 6.45) is 2.88. The summed E-state index contributed by atoms with van der Waals surface area (Å²) < 4.78 is 66.3. The first kappa shape index (κ1) is 21.6. The Morgan fingerprint density at radius 3 is 2.45 bits per heavy atom. The van der Waals surface area contributed by atoms with Crippen LogP contribution in [0.15, 0.2) is 40.4 Å². The second-order valence-corrected chi connectivity index (χ2v) is 9.71. The smallest absolute Gasteiger partial charge is 0.244 e. The lowest BCUT2D eigenvalue weighted by molar-refractivity contribution is -0.115. The van der Waals surface area contributed by atoms with E-state index in [0.29, 0.717) is 24.2 Å². The van der Waals surface area contributed by atoms with Crippen molar-refractivity contribution in [3.8, 4) is 0 Å². The van der Waals surface area contributed by atoms with E-state index in [1.807, 2.05) is 0 Å². The van der Waals surface area contributed by atoms with Crippen molar-refractivity contribution >= 4 is 33.4 Å². The number of carbonyl (C=O) groups is 1. The highest BCUT2D eigenvalue weighted by atomic mass is 32.2. The van der Waals surface area contributed by atoms with E-state index >= 15 is 0 Å². The number of nitrogens with one attached hydrogen (secondary N) is 1. The quantitative estimate of drug-likeness (QED) is 0.545. The monoisotopic (exact) mass is 445 g/mol. The maximum absolute atomic E-state index is 13.7. The zero-order valence-corrected chi connectivity index (χ0v) is 17.0. The van der Waals surface area contributed by atoms with Gasteiger partial charge in [-0.15, -0.1) is 0 Å². The van der Waals surface area contributed by atoms with E-state index in [9.17, 15) is 26.4 Å². The molecule has 3 rings (SSSR count). The molecular formula is C18H18F3N3O3S2. The van der Waals surface area contributed by atoms with Crippen molar-refractivity contribution < 1.29 is 26.4 Å². The summed E-state index contributed by atoms with van der Waals surface area (Å²) in [6.45, 7) is 2.49. The van der Waals surface area contributed by atoms with Crippen LogP contribution < -0.4 is 5.32 Å². The SMILES string of the molecule is CC(Sc1ccc(S(=O)(=O)N2CCCC2)cn1)C(=O)Nc1ccc(F)c(F)c1F. The van der Waals surface area contributed by atoms with Crippen molar-refractivity contribution in [3.63, 3.8) is 0 Å². The number of thioether (sulfide) groups is 1. The lowest BCUT2D eigenvalue weighted by atomic mass is 10.2. The normalized spacial score (nSPS) is 16.0. The van der Waals surface area contributed by atoms with Gasteiger partial charge >= 0.3 is 0 Å². The van der Waals surface area contributed by atoms with Crippen LogP contribution in [0.2, 0.25) is 0 Å². The van der Waals surface area contributed by atoms with Gasteiger partial charge in [-0.2, -0.15) is 4.31 Å². The average molecular weight is 445 g/mol. The molecule has 0 spiro atoms. The second-order valence-electron chi connectivity index (χ2n) is 6.42. The first-order chi connectivity index (χ1) is 13.7. The molecule has 6 nitrogen and oxygen atoms in total. The highest BCUT2D eigenvalue weighted by molar-refractivity contribution is 8.00. The summed E-state index contributed by atoms with van der Waals surface area (Å²) in [5, 5.41) is 1.83. The van der Waals surface area contributed by atoms with E-state index in [1.165, 1.54) is 29.6 Å². The highest BCUT2D eigenvalue weighted by Gasteiger charge is 2.27. The van der Waals surface area contributed by atoms with Gasteiger partial charge in [-0.05, 0) is 44.0 Å². The fraction of sp³-hybridized carbons (Fsp3) is 0.333. The number of hydrogen-bond acceptors (Lipinski definition) is 5. The number of anilines is 1. The molecule has 0 radical (unpaired) electrons. The predicted octanol–water partition coefficient (Wildman–Crippen LogP) is 3.40. The van der Waals surface area contributed by atoms with Gasteiger partial charge in [0.05, 0.1) is 16.0 Å². The lowest BCUT2D eigenvalue weighted by Crippen LogP contribution is -2.28. The third kappa shape index (κ3) is 4.73. The Hall–Kier alpha value is -2.11. The number of aromatic nitrogens is 1. The molecule has 1 aliphatic rings. The largest absolute Gasteiger partial charge is 0.323 e. The summed E-state index contributed by atoms with van der Waals surface area (Å²) >= 11 is 1.01. The Labute approximate surface area is 170 Å². The van der Waals surface area contributed by atoms with E-state index in [1.54, 1.807) is 0 Å². The molecule has 2 aromatic rings. The molecule has 0 bridgehead atoms. The fourth-order valence-electron chi connectivity index (χ4n) is 2.76. The third-order valence-corrected chi connectivity index (χ3v) is 7.30. The van der Waals surface area contributed by atoms with Gasteiger partial charge in [-0.1, -0.05) is 11.8 Å². The van der Waals surface area contributed by atoms with Crippen molar-refractivity contribution in [2.75, 3.05) is 18.4 Å². The molecule has 0 aliphatic carbocycles. The molecule has 156 valence electrons. The van der Waals surface area contributed by atoms with Crippen molar-refractivity contribution in [3.05, 3.63) is 47.9 Å². The van der Waals surface area contributed by atoms with E-state index < -0.39 is 44.3 Å². The van der Waals surface area contributed by atoms with Crippen LogP contribution >= 0.6 is 11.8 Å². The summed E-state index contributed by atoms with van der Waals surface area (Å²) in [5.41, 5.74) is -0.471. The third-order valence-electron chi connectivity index (χ3n) is 4.37. The Morgan fingerprint density at radius 2 is 1.83 bits per heavy atom. The minimum atomic E-state index is -3.58. The van der Waals surface area contributed by atoms with Crippen LogP contribution in [0.4, 0.5) is 18.9 Å². The number of sulfonamides is 1. The van der Waals surface area contributed by atoms with Crippen LogP contribution in [0, 0.1) is 17.5 Å². The number of nitrogens with zero attached hydrogens (tertiary/aromatic N) is 2. The molecule has 1 amide bonds. The van der Waals surface area contributed by atoms with Crippen LogP contribution in [-0.2, 0) is 14.8 Å². The van der Waals surface area contributed by atoms with Gasteiger partial charge < -0.3 is 5.32 Å². The number of halogens is 3. The van der Waals surface area contributed by atoms with E-state index in [2.05, 4.69) is 10.3 Å². The molecule has 1 aromatic heterocycles. The van der Waals surface area contributed by atoms with Crippen LogP contribution in [0.3, 0.4) is 0 Å². The molecule has 0 saturated carbocycles. The number of amides is 1. The average Bonchev–Trinajstić information content (AvgIpc) is 3.24. The van der Waals surface area contributed by atoms with E-state index in [-0.39, 0.29) is 4.90 Å². The minimum absolute atomic E-state index is 0.0738. The van der Waals surface area contributed by atoms with Gasteiger partial charge in [0.25, 0.3) is 0 Å². The number of hydrogen-bond donors (Lipinski definition) is 1. The standard InChI is InChI=1S/C18H18F3N3O3S2/c1-11(18(25)23-14-6-5-13(19)16(20)17(14)21)28-15-7-4-12(10-22-15)29(26,27)24-8-2-3-9-24/h4-7,10-11H,2-3,8-9H2,1H3,(H,23,25). The van der Waals surface area contributed by atoms with Crippen LogP contribution in [0.1, 0.15) is 19.8 Å². The van der Waals surface area contributed by atoms with Crippen molar-refractivity contribution in [2.24, 2.45) is 0 Å². The predicted molar refractivity (Wildman–Crippen MR) is 102 cm³/mol. The minimum Gasteiger partial charge on any atom is -0.323 e. The molecule has 1 aliphatic heterocycles. The maximum atomic E-state index is 13.7. The molecule has 29 heavy (non-hydrogen) atoms. The molecule has 1 atom stereocenters. The van der Waals surface area contributed by atoms with Crippen molar-refractivity contribution in [2.45, 2.75) is 34.9 Å². The molecule has 11 heteroatoms. The zero-order valence-electron chi connectivity index (χ0n) is 15.4. The van der Waals surface area contributed by atoms with Crippen LogP contribution in [0.25, 0.3) is 0 Å². The maximum Gasteiger partial charge on any atom is 0.244 e. The van der Waals surface area contributed by atoms with Crippen LogP contribution in [0.5, 0.6) is 0 Å². The molecule has 1 aromatic carbocycles. The van der Waals surface area contributed by atoms with Crippen molar-refractivity contribution in [1.29, 1.82) is 0 Å². The summed E-state index contributed by atoms with van der Waals surface area (Å²) in [4.78, 5) is 16.4. The number of benzene rings is 1. The molecule has 1 fully saturated rings. The first-order valence-electron chi connectivity index (χ1n) is 8.77. The van der Waals surface area contributed by atoms with Gasteiger partial charge in [-0.25, -0.2) is 26.6 Å².